The van der Waals surface area contributed by atoms with Crippen LogP contribution in [0.25, 0.3) is 0 Å². The van der Waals surface area contributed by atoms with Crippen LogP contribution < -0.4 is 0 Å². The Morgan fingerprint density at radius 3 is 1.41 bits per heavy atom. The quantitative estimate of drug-likeness (QED) is 0.746. The average Bonchev–Trinajstić information content (AvgIpc) is 2.59. The molecule has 0 bridgehead atoms. The van der Waals surface area contributed by atoms with Crippen molar-refractivity contribution >= 4 is 17.7 Å². The number of hydrogen-bond acceptors (Lipinski definition) is 5. The van der Waals surface area contributed by atoms with Gasteiger partial charge in [-0.1, -0.05) is 12.8 Å². The Hall–Kier alpha value is -1.39. The fraction of sp³-hybridized carbons (Fsp3) is 0.824. The molecule has 4 unspecified atom stereocenters. The number of methoxy groups -OCH3 is 2. The van der Waals surface area contributed by atoms with E-state index < -0.39 is 0 Å². The summed E-state index contributed by atoms with van der Waals surface area (Å²) in [7, 11) is 2.80. The highest BCUT2D eigenvalue weighted by atomic mass is 16.5. The summed E-state index contributed by atoms with van der Waals surface area (Å²) in [5.41, 5.74) is 0. The van der Waals surface area contributed by atoms with E-state index in [0.29, 0.717) is 12.8 Å². The maximum Gasteiger partial charge on any atom is 0.308 e. The van der Waals surface area contributed by atoms with Gasteiger partial charge in [0.25, 0.3) is 0 Å². The molecule has 0 heterocycles. The second-order valence-corrected chi connectivity index (χ2v) is 6.57. The van der Waals surface area contributed by atoms with E-state index in [-0.39, 0.29) is 41.4 Å². The maximum absolute atomic E-state index is 12.8. The average molecular weight is 310 g/mol. The van der Waals surface area contributed by atoms with Crippen LogP contribution in [0, 0.1) is 23.7 Å². The van der Waals surface area contributed by atoms with Gasteiger partial charge in [-0.15, -0.1) is 0 Å². The third-order valence-electron chi connectivity index (χ3n) is 5.22. The molecular formula is C17H26O5. The predicted molar refractivity (Wildman–Crippen MR) is 79.9 cm³/mol. The van der Waals surface area contributed by atoms with Crippen molar-refractivity contribution in [1.82, 2.24) is 0 Å². The van der Waals surface area contributed by atoms with Gasteiger partial charge in [0.2, 0.25) is 0 Å². The molecule has 2 rings (SSSR count). The van der Waals surface area contributed by atoms with E-state index in [9.17, 15) is 14.4 Å². The molecule has 0 aromatic rings. The van der Waals surface area contributed by atoms with Crippen molar-refractivity contribution in [1.29, 1.82) is 0 Å². The number of hydrogen-bond donors (Lipinski definition) is 0. The summed E-state index contributed by atoms with van der Waals surface area (Å²) >= 11 is 0. The van der Waals surface area contributed by atoms with Crippen molar-refractivity contribution in [3.8, 4) is 0 Å². The largest absolute Gasteiger partial charge is 0.469 e. The summed E-state index contributed by atoms with van der Waals surface area (Å²) in [5, 5.41) is 0. The highest BCUT2D eigenvalue weighted by Gasteiger charge is 2.38. The van der Waals surface area contributed by atoms with Gasteiger partial charge in [-0.3, -0.25) is 14.4 Å². The Labute approximate surface area is 131 Å². The van der Waals surface area contributed by atoms with Crippen LogP contribution in [0.4, 0.5) is 0 Å². The molecule has 22 heavy (non-hydrogen) atoms. The van der Waals surface area contributed by atoms with Crippen LogP contribution in [0.1, 0.15) is 51.4 Å². The molecule has 124 valence electrons. The molecule has 5 nitrogen and oxygen atoms in total. The number of ketones is 1. The molecule has 0 saturated heterocycles. The van der Waals surface area contributed by atoms with E-state index in [4.69, 9.17) is 9.47 Å². The highest BCUT2D eigenvalue weighted by Crippen LogP contribution is 2.37. The van der Waals surface area contributed by atoms with E-state index in [2.05, 4.69) is 0 Å². The van der Waals surface area contributed by atoms with Crippen molar-refractivity contribution in [3.05, 3.63) is 0 Å². The number of carbonyl (C=O) groups excluding carboxylic acids is 3. The Kier molecular flexibility index (Phi) is 5.98. The van der Waals surface area contributed by atoms with E-state index in [0.717, 1.165) is 38.5 Å². The van der Waals surface area contributed by atoms with Crippen LogP contribution in [0.3, 0.4) is 0 Å². The van der Waals surface area contributed by atoms with Crippen LogP contribution in [0.5, 0.6) is 0 Å². The number of esters is 2. The number of Topliss-reactive ketones (excluding diaryl/α,β-unsaturated/α-hetero) is 1. The summed E-state index contributed by atoms with van der Waals surface area (Å²) in [6.45, 7) is 0. The normalized spacial score (nSPS) is 32.1. The van der Waals surface area contributed by atoms with Crippen molar-refractivity contribution in [2.45, 2.75) is 51.4 Å². The van der Waals surface area contributed by atoms with Crippen LogP contribution in [-0.4, -0.2) is 31.9 Å². The minimum Gasteiger partial charge on any atom is -0.469 e. The summed E-state index contributed by atoms with van der Waals surface area (Å²) in [4.78, 5) is 36.2. The monoisotopic (exact) mass is 310 g/mol. The number of rotatable bonds is 4. The molecule has 0 aromatic heterocycles. The third-order valence-corrected chi connectivity index (χ3v) is 5.22. The number of carbonyl (C=O) groups is 3. The van der Waals surface area contributed by atoms with Crippen LogP contribution in [0.2, 0.25) is 0 Å². The van der Waals surface area contributed by atoms with Crippen molar-refractivity contribution in [2.24, 2.45) is 23.7 Å². The molecule has 5 heteroatoms. The molecule has 4 atom stereocenters. The van der Waals surface area contributed by atoms with Crippen molar-refractivity contribution in [3.63, 3.8) is 0 Å². The van der Waals surface area contributed by atoms with E-state index >= 15 is 0 Å². The maximum atomic E-state index is 12.8. The minimum atomic E-state index is -0.200. The Morgan fingerprint density at radius 1 is 0.682 bits per heavy atom. The summed E-state index contributed by atoms with van der Waals surface area (Å²) < 4.78 is 9.63. The first-order chi connectivity index (χ1) is 10.6. The number of ether oxygens (including phenoxy) is 2. The van der Waals surface area contributed by atoms with E-state index in [1.807, 2.05) is 0 Å². The zero-order valence-electron chi connectivity index (χ0n) is 13.5. The Bertz CT molecular complexity index is 393. The molecule has 2 aliphatic rings. The van der Waals surface area contributed by atoms with Gasteiger partial charge >= 0.3 is 11.9 Å². The van der Waals surface area contributed by atoms with E-state index in [1.165, 1.54) is 14.2 Å². The minimum absolute atomic E-state index is 0.0563. The first kappa shape index (κ1) is 17.0. The summed E-state index contributed by atoms with van der Waals surface area (Å²) in [6.07, 6.45) is 6.32. The van der Waals surface area contributed by atoms with Gasteiger partial charge in [-0.25, -0.2) is 0 Å². The molecule has 2 aliphatic carbocycles. The molecule has 0 radical (unpaired) electrons. The zero-order chi connectivity index (χ0) is 16.1. The fourth-order valence-corrected chi connectivity index (χ4v) is 3.99. The Morgan fingerprint density at radius 2 is 1.05 bits per heavy atom. The van der Waals surface area contributed by atoms with Crippen LogP contribution >= 0.6 is 0 Å². The molecule has 2 saturated carbocycles. The van der Waals surface area contributed by atoms with Crippen molar-refractivity contribution in [2.75, 3.05) is 14.2 Å². The van der Waals surface area contributed by atoms with Gasteiger partial charge < -0.3 is 9.47 Å². The predicted octanol–water partition coefficient (Wildman–Crippen LogP) is 2.51. The molecule has 0 aromatic carbocycles. The third kappa shape index (κ3) is 3.87. The fourth-order valence-electron chi connectivity index (χ4n) is 3.99. The van der Waals surface area contributed by atoms with Crippen LogP contribution in [0.15, 0.2) is 0 Å². The molecule has 2 fully saturated rings. The first-order valence-corrected chi connectivity index (χ1v) is 8.26. The lowest BCUT2D eigenvalue weighted by molar-refractivity contribution is -0.148. The standard InChI is InChI=1S/C17H26O5/c1-21-16(19)13-7-3-5-11(9-13)15(18)12-6-4-8-14(10-12)17(20)22-2/h11-14H,3-10H2,1-2H3. The van der Waals surface area contributed by atoms with Gasteiger partial charge in [-0.05, 0) is 38.5 Å². The second kappa shape index (κ2) is 7.75. The van der Waals surface area contributed by atoms with Gasteiger partial charge in [0, 0.05) is 11.8 Å². The second-order valence-electron chi connectivity index (χ2n) is 6.57. The topological polar surface area (TPSA) is 69.7 Å². The molecule has 0 spiro atoms. The first-order valence-electron chi connectivity index (χ1n) is 8.26. The Balaban J connectivity index is 1.95. The smallest absolute Gasteiger partial charge is 0.308 e. The summed E-state index contributed by atoms with van der Waals surface area (Å²) in [5.74, 6) is -0.566. The molecule has 0 aliphatic heterocycles. The SMILES string of the molecule is COC(=O)C1CCCC(C(=O)C2CCCC(C(=O)OC)C2)C1. The van der Waals surface area contributed by atoms with Gasteiger partial charge in [0.05, 0.1) is 26.1 Å². The lowest BCUT2D eigenvalue weighted by Crippen LogP contribution is -2.35. The van der Waals surface area contributed by atoms with Crippen molar-refractivity contribution < 1.29 is 23.9 Å². The van der Waals surface area contributed by atoms with Gasteiger partial charge in [0.15, 0.2) is 0 Å². The van der Waals surface area contributed by atoms with E-state index in [1.54, 1.807) is 0 Å². The molecule has 0 N–H and O–H groups in total. The summed E-state index contributed by atoms with van der Waals surface area (Å²) in [6, 6.07) is 0. The van der Waals surface area contributed by atoms with Gasteiger partial charge in [0.1, 0.15) is 5.78 Å². The zero-order valence-corrected chi connectivity index (χ0v) is 13.5. The highest BCUT2D eigenvalue weighted by molar-refractivity contribution is 5.85. The lowest BCUT2D eigenvalue weighted by Gasteiger charge is -2.32. The molecule has 0 amide bonds. The van der Waals surface area contributed by atoms with Gasteiger partial charge in [-0.2, -0.15) is 0 Å². The molecular weight excluding hydrogens is 284 g/mol. The lowest BCUT2D eigenvalue weighted by atomic mass is 9.71. The van der Waals surface area contributed by atoms with Crippen LogP contribution in [-0.2, 0) is 23.9 Å².